The Balaban J connectivity index is 1.52. The van der Waals surface area contributed by atoms with Gasteiger partial charge in [-0.2, -0.15) is 0 Å². The van der Waals surface area contributed by atoms with Gasteiger partial charge in [-0.1, -0.05) is 78.0 Å². The number of aromatic nitrogens is 3. The summed E-state index contributed by atoms with van der Waals surface area (Å²) in [6, 6.07) is 22.4. The number of nitrogens with zero attached hydrogens (tertiary/aromatic N) is 3. The highest BCUT2D eigenvalue weighted by Gasteiger charge is 2.12. The zero-order valence-corrected chi connectivity index (χ0v) is 15.5. The Morgan fingerprint density at radius 1 is 0.923 bits per heavy atom. The van der Waals surface area contributed by atoms with Crippen molar-refractivity contribution in [1.82, 2.24) is 14.9 Å². The van der Waals surface area contributed by atoms with Crippen LogP contribution in [0.4, 0.5) is 0 Å². The van der Waals surface area contributed by atoms with Crippen molar-refractivity contribution in [2.45, 2.75) is 17.3 Å². The largest absolute Gasteiger partial charge is 0.336 e. The highest BCUT2D eigenvalue weighted by Crippen LogP contribution is 2.24. The van der Waals surface area contributed by atoms with Crippen molar-refractivity contribution in [2.75, 3.05) is 5.84 Å². The summed E-state index contributed by atoms with van der Waals surface area (Å²) in [4.78, 5) is 0. The second kappa shape index (κ2) is 7.40. The maximum Gasteiger partial charge on any atom is 0.210 e. The SMILES string of the molecule is Nn1c(Cc2cccc3ccccc23)nnc1SCc1ccc(Cl)cc1. The molecule has 0 atom stereocenters. The van der Waals surface area contributed by atoms with Crippen molar-refractivity contribution in [2.24, 2.45) is 0 Å². The van der Waals surface area contributed by atoms with Crippen molar-refractivity contribution >= 4 is 34.1 Å². The van der Waals surface area contributed by atoms with E-state index in [9.17, 15) is 0 Å². The normalized spacial score (nSPS) is 11.1. The fourth-order valence-electron chi connectivity index (χ4n) is 2.87. The molecule has 1 heterocycles. The van der Waals surface area contributed by atoms with Crippen LogP contribution in [0.5, 0.6) is 0 Å². The van der Waals surface area contributed by atoms with Crippen LogP contribution in [0.15, 0.2) is 71.9 Å². The molecule has 6 heteroatoms. The Kier molecular flexibility index (Phi) is 4.82. The van der Waals surface area contributed by atoms with Gasteiger partial charge in [-0.05, 0) is 34.0 Å². The molecule has 2 N–H and O–H groups in total. The monoisotopic (exact) mass is 380 g/mol. The Bertz CT molecular complexity index is 1040. The molecular formula is C20H17ClN4S. The van der Waals surface area contributed by atoms with Gasteiger partial charge in [-0.15, -0.1) is 10.2 Å². The molecule has 4 aromatic rings. The van der Waals surface area contributed by atoms with Gasteiger partial charge < -0.3 is 5.84 Å². The first kappa shape index (κ1) is 16.9. The third-order valence-corrected chi connectivity index (χ3v) is 5.51. The molecule has 0 bridgehead atoms. The van der Waals surface area contributed by atoms with Crippen LogP contribution in [0.25, 0.3) is 10.8 Å². The van der Waals surface area contributed by atoms with Gasteiger partial charge in [-0.25, -0.2) is 4.68 Å². The number of nitrogen functional groups attached to an aromatic ring is 1. The number of halogens is 1. The Hall–Kier alpha value is -2.50. The first-order chi connectivity index (χ1) is 12.7. The number of nitrogens with two attached hydrogens (primary N) is 1. The summed E-state index contributed by atoms with van der Waals surface area (Å²) in [5.74, 6) is 7.75. The minimum atomic E-state index is 0.645. The van der Waals surface area contributed by atoms with Crippen LogP contribution in [0.2, 0.25) is 5.02 Å². The van der Waals surface area contributed by atoms with Gasteiger partial charge in [0, 0.05) is 17.2 Å². The molecule has 0 unspecified atom stereocenters. The molecule has 26 heavy (non-hydrogen) atoms. The zero-order valence-electron chi connectivity index (χ0n) is 14.0. The summed E-state index contributed by atoms with van der Waals surface area (Å²) in [5.41, 5.74) is 2.36. The fourth-order valence-corrected chi connectivity index (χ4v) is 3.83. The summed E-state index contributed by atoms with van der Waals surface area (Å²) >= 11 is 7.48. The van der Waals surface area contributed by atoms with E-state index in [-0.39, 0.29) is 0 Å². The summed E-state index contributed by atoms with van der Waals surface area (Å²) in [6.45, 7) is 0. The fraction of sp³-hybridized carbons (Fsp3) is 0.100. The lowest BCUT2D eigenvalue weighted by Gasteiger charge is -2.07. The van der Waals surface area contributed by atoms with E-state index < -0.39 is 0 Å². The van der Waals surface area contributed by atoms with Crippen LogP contribution in [0.1, 0.15) is 17.0 Å². The number of hydrogen-bond acceptors (Lipinski definition) is 4. The molecule has 0 fully saturated rings. The first-order valence-electron chi connectivity index (χ1n) is 8.24. The van der Waals surface area contributed by atoms with Crippen molar-refractivity contribution in [1.29, 1.82) is 0 Å². The Morgan fingerprint density at radius 3 is 2.54 bits per heavy atom. The molecule has 0 aliphatic heterocycles. The highest BCUT2D eigenvalue weighted by molar-refractivity contribution is 7.98. The first-order valence-corrected chi connectivity index (χ1v) is 9.60. The number of benzene rings is 3. The average molecular weight is 381 g/mol. The van der Waals surface area contributed by atoms with Crippen LogP contribution in [-0.2, 0) is 12.2 Å². The number of fused-ring (bicyclic) bond motifs is 1. The van der Waals surface area contributed by atoms with E-state index in [4.69, 9.17) is 17.4 Å². The van der Waals surface area contributed by atoms with Gasteiger partial charge in [0.1, 0.15) is 0 Å². The lowest BCUT2D eigenvalue weighted by atomic mass is 10.0. The summed E-state index contributed by atoms with van der Waals surface area (Å²) in [5, 5.41) is 12.4. The van der Waals surface area contributed by atoms with Gasteiger partial charge >= 0.3 is 0 Å². The average Bonchev–Trinajstić information content (AvgIpc) is 3.01. The lowest BCUT2D eigenvalue weighted by Crippen LogP contribution is -2.14. The van der Waals surface area contributed by atoms with E-state index >= 15 is 0 Å². The Morgan fingerprint density at radius 2 is 1.69 bits per heavy atom. The van der Waals surface area contributed by atoms with Gasteiger partial charge in [0.25, 0.3) is 0 Å². The molecule has 130 valence electrons. The van der Waals surface area contributed by atoms with Crippen LogP contribution >= 0.6 is 23.4 Å². The predicted molar refractivity (Wildman–Crippen MR) is 108 cm³/mol. The van der Waals surface area contributed by atoms with E-state index in [1.807, 2.05) is 36.4 Å². The van der Waals surface area contributed by atoms with Crippen LogP contribution < -0.4 is 5.84 Å². The minimum Gasteiger partial charge on any atom is -0.336 e. The molecule has 0 saturated heterocycles. The molecule has 0 aliphatic rings. The smallest absolute Gasteiger partial charge is 0.210 e. The molecule has 0 saturated carbocycles. The lowest BCUT2D eigenvalue weighted by molar-refractivity contribution is 0.806. The molecule has 1 aromatic heterocycles. The third-order valence-electron chi connectivity index (χ3n) is 4.24. The second-order valence-electron chi connectivity index (χ2n) is 6.00. The van der Waals surface area contributed by atoms with Gasteiger partial charge in [0.15, 0.2) is 5.82 Å². The van der Waals surface area contributed by atoms with Crippen LogP contribution in [0, 0.1) is 0 Å². The molecule has 3 aromatic carbocycles. The van der Waals surface area contributed by atoms with Crippen molar-refractivity contribution in [3.8, 4) is 0 Å². The topological polar surface area (TPSA) is 56.7 Å². The standard InChI is InChI=1S/C20H17ClN4S/c21-17-10-8-14(9-11-17)13-26-20-24-23-19(25(20)22)12-16-6-3-5-15-4-1-2-7-18(15)16/h1-11H,12-13,22H2. The zero-order chi connectivity index (χ0) is 17.9. The van der Waals surface area contributed by atoms with E-state index in [1.54, 1.807) is 16.4 Å². The minimum absolute atomic E-state index is 0.645. The number of hydrogen-bond donors (Lipinski definition) is 1. The maximum atomic E-state index is 6.23. The molecule has 0 spiro atoms. The molecular weight excluding hydrogens is 364 g/mol. The molecule has 0 radical (unpaired) electrons. The van der Waals surface area contributed by atoms with Crippen LogP contribution in [-0.4, -0.2) is 14.9 Å². The predicted octanol–water partition coefficient (Wildman–Crippen LogP) is 4.68. The van der Waals surface area contributed by atoms with E-state index in [0.29, 0.717) is 11.6 Å². The molecule has 0 amide bonds. The van der Waals surface area contributed by atoms with Crippen molar-refractivity contribution in [3.05, 3.63) is 88.7 Å². The van der Waals surface area contributed by atoms with Crippen LogP contribution in [0.3, 0.4) is 0 Å². The van der Waals surface area contributed by atoms with E-state index in [2.05, 4.69) is 40.5 Å². The van der Waals surface area contributed by atoms with Gasteiger partial charge in [0.2, 0.25) is 5.16 Å². The summed E-state index contributed by atoms with van der Waals surface area (Å²) in [7, 11) is 0. The third kappa shape index (κ3) is 3.54. The quantitative estimate of drug-likeness (QED) is 0.403. The summed E-state index contributed by atoms with van der Waals surface area (Å²) in [6.07, 6.45) is 0.645. The van der Waals surface area contributed by atoms with Crippen molar-refractivity contribution in [3.63, 3.8) is 0 Å². The molecule has 0 aliphatic carbocycles. The summed E-state index contributed by atoms with van der Waals surface area (Å²) < 4.78 is 1.59. The van der Waals surface area contributed by atoms with Gasteiger partial charge in [0.05, 0.1) is 0 Å². The number of rotatable bonds is 5. The molecule has 4 rings (SSSR count). The van der Waals surface area contributed by atoms with E-state index in [0.717, 1.165) is 22.2 Å². The van der Waals surface area contributed by atoms with E-state index in [1.165, 1.54) is 16.3 Å². The Labute approximate surface area is 161 Å². The maximum absolute atomic E-state index is 6.23. The van der Waals surface area contributed by atoms with Crippen molar-refractivity contribution < 1.29 is 0 Å². The van der Waals surface area contributed by atoms with Gasteiger partial charge in [-0.3, -0.25) is 0 Å². The molecule has 4 nitrogen and oxygen atoms in total. The second-order valence-corrected chi connectivity index (χ2v) is 7.38. The number of thioether (sulfide) groups is 1. The highest BCUT2D eigenvalue weighted by atomic mass is 35.5.